The first-order chi connectivity index (χ1) is 15.2. The number of hydrogen-bond donors (Lipinski definition) is 0. The van der Waals surface area contributed by atoms with Crippen LogP contribution in [0.3, 0.4) is 0 Å². The highest BCUT2D eigenvalue weighted by Crippen LogP contribution is 2.39. The van der Waals surface area contributed by atoms with Gasteiger partial charge in [-0.05, 0) is 68.7 Å². The summed E-state index contributed by atoms with van der Waals surface area (Å²) >= 11 is 0. The van der Waals surface area contributed by atoms with Gasteiger partial charge >= 0.3 is 5.97 Å². The van der Waals surface area contributed by atoms with Gasteiger partial charge in [0.05, 0.1) is 19.3 Å². The van der Waals surface area contributed by atoms with E-state index in [1.165, 1.54) is 0 Å². The maximum Gasteiger partial charge on any atom is 0.306 e. The Morgan fingerprint density at radius 2 is 1.97 bits per heavy atom. The molecule has 168 valence electrons. The van der Waals surface area contributed by atoms with Gasteiger partial charge in [0.15, 0.2) is 0 Å². The third-order valence-electron chi connectivity index (χ3n) is 5.62. The number of Topliss-reactive ketones (excluding diaryl/α,β-unsaturated/α-hetero) is 2. The Morgan fingerprint density at radius 3 is 2.72 bits per heavy atom. The van der Waals surface area contributed by atoms with Crippen molar-refractivity contribution in [3.63, 3.8) is 0 Å². The molecule has 0 aliphatic heterocycles. The molecule has 0 saturated heterocycles. The monoisotopic (exact) mass is 436 g/mol. The van der Waals surface area contributed by atoms with E-state index in [1.807, 2.05) is 51.1 Å². The highest BCUT2D eigenvalue weighted by molar-refractivity contribution is 6.11. The Morgan fingerprint density at radius 1 is 1.16 bits per heavy atom. The molecule has 1 aliphatic rings. The van der Waals surface area contributed by atoms with Crippen LogP contribution in [0.5, 0.6) is 5.75 Å². The van der Waals surface area contributed by atoms with E-state index in [-0.39, 0.29) is 29.9 Å². The number of benzene rings is 2. The average Bonchev–Trinajstić information content (AvgIpc) is 3.14. The molecule has 1 unspecified atom stereocenters. The molecule has 3 aromatic rings. The Hall–Kier alpha value is -3.15. The molecule has 4 rings (SSSR count). The molecule has 0 bridgehead atoms. The van der Waals surface area contributed by atoms with Crippen LogP contribution in [0.4, 0.5) is 0 Å². The standard InChI is InChI=1S/C26H28O6/c1-26(2,3)32-24(29)5-4-12-30-18-8-10-19-16(13-18)6-11-23-25(19)21(15-31-23)20-9-7-17(27)14-22(20)28/h6,8,10-11,13,15,20H,4-5,7,9,12,14H2,1-3H3. The van der Waals surface area contributed by atoms with E-state index in [1.54, 1.807) is 6.26 Å². The summed E-state index contributed by atoms with van der Waals surface area (Å²) < 4.78 is 16.9. The van der Waals surface area contributed by atoms with Gasteiger partial charge in [0.25, 0.3) is 0 Å². The molecule has 32 heavy (non-hydrogen) atoms. The van der Waals surface area contributed by atoms with Crippen molar-refractivity contribution < 1.29 is 28.3 Å². The number of ether oxygens (including phenoxy) is 2. The van der Waals surface area contributed by atoms with E-state index in [0.717, 1.165) is 27.3 Å². The summed E-state index contributed by atoms with van der Waals surface area (Å²) in [5.74, 6) is 0.158. The molecule has 1 atom stereocenters. The molecule has 0 amide bonds. The molecule has 1 saturated carbocycles. The van der Waals surface area contributed by atoms with Gasteiger partial charge in [-0.1, -0.05) is 6.07 Å². The maximum absolute atomic E-state index is 12.5. The minimum absolute atomic E-state index is 0.00336. The highest BCUT2D eigenvalue weighted by Gasteiger charge is 2.31. The second-order valence-corrected chi connectivity index (χ2v) is 9.32. The number of esters is 1. The van der Waals surface area contributed by atoms with Gasteiger partial charge in [0, 0.05) is 29.7 Å². The van der Waals surface area contributed by atoms with Gasteiger partial charge in [0.2, 0.25) is 0 Å². The first-order valence-electron chi connectivity index (χ1n) is 11.0. The number of furan rings is 1. The summed E-state index contributed by atoms with van der Waals surface area (Å²) in [6.45, 7) is 5.96. The van der Waals surface area contributed by atoms with Gasteiger partial charge in [-0.3, -0.25) is 14.4 Å². The molecule has 6 nitrogen and oxygen atoms in total. The normalized spacial score (nSPS) is 17.2. The third-order valence-corrected chi connectivity index (χ3v) is 5.62. The van der Waals surface area contributed by atoms with Gasteiger partial charge in [-0.2, -0.15) is 0 Å². The third kappa shape index (κ3) is 4.85. The van der Waals surface area contributed by atoms with Crippen molar-refractivity contribution >= 4 is 39.3 Å². The molecular formula is C26H28O6. The van der Waals surface area contributed by atoms with E-state index >= 15 is 0 Å². The summed E-state index contributed by atoms with van der Waals surface area (Å²) in [6.07, 6.45) is 3.49. The number of ketones is 2. The predicted molar refractivity (Wildman–Crippen MR) is 121 cm³/mol. The number of carbonyl (C=O) groups is 3. The Labute approximate surface area is 186 Å². The molecule has 2 aromatic carbocycles. The Balaban J connectivity index is 1.49. The second-order valence-electron chi connectivity index (χ2n) is 9.32. The van der Waals surface area contributed by atoms with Crippen LogP contribution >= 0.6 is 0 Å². The second kappa shape index (κ2) is 8.77. The SMILES string of the molecule is CC(C)(C)OC(=O)CCCOc1ccc2c(ccc3occ(C4CCC(=O)CC4=O)c32)c1. The van der Waals surface area contributed by atoms with Crippen LogP contribution < -0.4 is 4.74 Å². The number of carbonyl (C=O) groups excluding carboxylic acids is 3. The first-order valence-corrected chi connectivity index (χ1v) is 11.0. The number of hydrogen-bond acceptors (Lipinski definition) is 6. The van der Waals surface area contributed by atoms with Gasteiger partial charge < -0.3 is 13.9 Å². The Bertz CT molecular complexity index is 1180. The minimum atomic E-state index is -0.481. The largest absolute Gasteiger partial charge is 0.494 e. The summed E-state index contributed by atoms with van der Waals surface area (Å²) in [6, 6.07) is 9.67. The lowest BCUT2D eigenvalue weighted by Gasteiger charge is -2.19. The van der Waals surface area contributed by atoms with Crippen molar-refractivity contribution in [1.82, 2.24) is 0 Å². The van der Waals surface area contributed by atoms with Crippen molar-refractivity contribution in [3.8, 4) is 5.75 Å². The fourth-order valence-corrected chi connectivity index (χ4v) is 4.22. The molecule has 0 spiro atoms. The van der Waals surface area contributed by atoms with E-state index in [0.29, 0.717) is 38.0 Å². The van der Waals surface area contributed by atoms with Crippen molar-refractivity contribution in [2.75, 3.05) is 6.61 Å². The molecule has 1 fully saturated rings. The number of rotatable bonds is 6. The summed E-state index contributed by atoms with van der Waals surface area (Å²) in [5, 5.41) is 2.88. The lowest BCUT2D eigenvalue weighted by molar-refractivity contribution is -0.155. The zero-order valence-corrected chi connectivity index (χ0v) is 18.7. The minimum Gasteiger partial charge on any atom is -0.494 e. The van der Waals surface area contributed by atoms with Crippen LogP contribution in [-0.2, 0) is 19.1 Å². The van der Waals surface area contributed by atoms with Crippen molar-refractivity contribution in [2.45, 2.75) is 64.4 Å². The van der Waals surface area contributed by atoms with Crippen molar-refractivity contribution in [3.05, 3.63) is 42.2 Å². The smallest absolute Gasteiger partial charge is 0.306 e. The quantitative estimate of drug-likeness (QED) is 0.289. The number of fused-ring (bicyclic) bond motifs is 3. The van der Waals surface area contributed by atoms with Crippen LogP contribution in [0, 0.1) is 0 Å². The molecular weight excluding hydrogens is 408 g/mol. The van der Waals surface area contributed by atoms with Gasteiger partial charge in [-0.25, -0.2) is 0 Å². The zero-order valence-electron chi connectivity index (χ0n) is 18.7. The molecule has 1 aliphatic carbocycles. The van der Waals surface area contributed by atoms with Crippen LogP contribution in [0.1, 0.15) is 64.4 Å². The topological polar surface area (TPSA) is 82.8 Å². The lowest BCUT2D eigenvalue weighted by atomic mass is 9.81. The summed E-state index contributed by atoms with van der Waals surface area (Å²) in [4.78, 5) is 35.9. The predicted octanol–water partition coefficient (Wildman–Crippen LogP) is 5.49. The van der Waals surface area contributed by atoms with Crippen LogP contribution in [0.15, 0.2) is 41.0 Å². The molecule has 0 radical (unpaired) electrons. The van der Waals surface area contributed by atoms with E-state index < -0.39 is 5.60 Å². The fourth-order valence-electron chi connectivity index (χ4n) is 4.22. The summed E-state index contributed by atoms with van der Waals surface area (Å²) in [5.41, 5.74) is 1.10. The van der Waals surface area contributed by atoms with Gasteiger partial charge in [-0.15, -0.1) is 0 Å². The van der Waals surface area contributed by atoms with Crippen molar-refractivity contribution in [1.29, 1.82) is 0 Å². The van der Waals surface area contributed by atoms with Crippen LogP contribution in [0.2, 0.25) is 0 Å². The Kier molecular flexibility index (Phi) is 6.04. The van der Waals surface area contributed by atoms with E-state index in [2.05, 4.69) is 0 Å². The van der Waals surface area contributed by atoms with E-state index in [4.69, 9.17) is 13.9 Å². The molecule has 1 heterocycles. The fraction of sp³-hybridized carbons (Fsp3) is 0.423. The first kappa shape index (κ1) is 22.1. The van der Waals surface area contributed by atoms with Crippen LogP contribution in [0.25, 0.3) is 21.7 Å². The highest BCUT2D eigenvalue weighted by atomic mass is 16.6. The molecule has 6 heteroatoms. The zero-order chi connectivity index (χ0) is 22.9. The van der Waals surface area contributed by atoms with Crippen LogP contribution in [-0.4, -0.2) is 29.7 Å². The summed E-state index contributed by atoms with van der Waals surface area (Å²) in [7, 11) is 0. The lowest BCUT2D eigenvalue weighted by Crippen LogP contribution is -2.23. The van der Waals surface area contributed by atoms with Gasteiger partial charge in [0.1, 0.15) is 28.5 Å². The van der Waals surface area contributed by atoms with E-state index in [9.17, 15) is 14.4 Å². The molecule has 1 aromatic heterocycles. The maximum atomic E-state index is 12.5. The average molecular weight is 437 g/mol. The molecule has 0 N–H and O–H groups in total. The van der Waals surface area contributed by atoms with Crippen molar-refractivity contribution in [2.24, 2.45) is 0 Å².